The van der Waals surface area contributed by atoms with Crippen LogP contribution in [0, 0.1) is 11.2 Å². The molecule has 7 nitrogen and oxygen atoms in total. The zero-order valence-electron chi connectivity index (χ0n) is 20.6. The number of pyridine rings is 1. The van der Waals surface area contributed by atoms with Gasteiger partial charge in [0.2, 0.25) is 0 Å². The quantitative estimate of drug-likeness (QED) is 0.488. The molecule has 1 aromatic carbocycles. The van der Waals surface area contributed by atoms with Crippen molar-refractivity contribution in [1.82, 2.24) is 19.1 Å². The molecule has 0 radical (unpaired) electrons. The predicted molar refractivity (Wildman–Crippen MR) is 138 cm³/mol. The summed E-state index contributed by atoms with van der Waals surface area (Å²) in [6, 6.07) is 8.20. The van der Waals surface area contributed by atoms with Gasteiger partial charge in [-0.1, -0.05) is 5.57 Å². The van der Waals surface area contributed by atoms with E-state index in [0.29, 0.717) is 50.5 Å². The van der Waals surface area contributed by atoms with Crippen LogP contribution in [-0.2, 0) is 22.1 Å². The molecule has 0 N–H and O–H groups in total. The Morgan fingerprint density at radius 1 is 1.16 bits per heavy atom. The first-order chi connectivity index (χ1) is 18.0. The van der Waals surface area contributed by atoms with Crippen LogP contribution in [0.3, 0.4) is 0 Å². The second-order valence-corrected chi connectivity index (χ2v) is 11.6. The number of fused-ring (bicyclic) bond motifs is 2. The average Bonchev–Trinajstić information content (AvgIpc) is 3.53. The number of halogens is 2. The summed E-state index contributed by atoms with van der Waals surface area (Å²) >= 11 is 0. The van der Waals surface area contributed by atoms with Crippen LogP contribution in [-0.4, -0.2) is 69.3 Å². The maximum absolute atomic E-state index is 13.7. The van der Waals surface area contributed by atoms with Crippen molar-refractivity contribution in [1.29, 1.82) is 0 Å². The fourth-order valence-corrected chi connectivity index (χ4v) is 7.10. The van der Waals surface area contributed by atoms with Crippen molar-refractivity contribution >= 4 is 22.7 Å². The van der Waals surface area contributed by atoms with Gasteiger partial charge in [-0.05, 0) is 61.2 Å². The molecule has 194 valence electrons. The number of ether oxygens (including phenoxy) is 1. The Bertz CT molecular complexity index is 1360. The van der Waals surface area contributed by atoms with Crippen molar-refractivity contribution in [2.24, 2.45) is 5.41 Å². The third kappa shape index (κ3) is 4.51. The highest BCUT2D eigenvalue weighted by Crippen LogP contribution is 2.45. The first-order valence-corrected chi connectivity index (χ1v) is 13.6. The van der Waals surface area contributed by atoms with Gasteiger partial charge >= 0.3 is 0 Å². The summed E-state index contributed by atoms with van der Waals surface area (Å²) in [5, 5.41) is 4.60. The van der Waals surface area contributed by atoms with Gasteiger partial charge in [-0.15, -0.1) is 0 Å². The molecule has 3 aliphatic rings. The van der Waals surface area contributed by atoms with E-state index in [2.05, 4.69) is 16.2 Å². The van der Waals surface area contributed by atoms with E-state index >= 15 is 0 Å². The molecule has 3 aromatic rings. The molecule has 1 aliphatic carbocycles. The van der Waals surface area contributed by atoms with Crippen LogP contribution in [0.1, 0.15) is 24.1 Å². The van der Waals surface area contributed by atoms with E-state index in [1.165, 1.54) is 17.7 Å². The third-order valence-corrected chi connectivity index (χ3v) is 9.05. The number of aromatic nitrogens is 3. The Labute approximate surface area is 217 Å². The maximum Gasteiger partial charge on any atom is 0.129 e. The van der Waals surface area contributed by atoms with Gasteiger partial charge in [-0.25, -0.2) is 22.0 Å². The molecule has 6 rings (SSSR count). The average molecular weight is 526 g/mol. The molecule has 2 fully saturated rings. The second-order valence-electron chi connectivity index (χ2n) is 10.1. The number of hydrogen-bond acceptors (Lipinski definition) is 5. The zero-order chi connectivity index (χ0) is 25.6. The number of methoxy groups -OCH3 is 1. The van der Waals surface area contributed by atoms with Crippen LogP contribution >= 0.6 is 0 Å². The minimum absolute atomic E-state index is 0.282. The summed E-state index contributed by atoms with van der Waals surface area (Å²) in [5.41, 5.74) is 4.62. The fraction of sp³-hybridized carbons (Fsp3) is 0.407. The van der Waals surface area contributed by atoms with Gasteiger partial charge in [-0.3, -0.25) is 4.98 Å². The molecule has 3 atom stereocenters. The fourth-order valence-electron chi connectivity index (χ4n) is 5.81. The van der Waals surface area contributed by atoms with Gasteiger partial charge in [0.05, 0.1) is 41.0 Å². The van der Waals surface area contributed by atoms with Crippen molar-refractivity contribution in [2.75, 3.05) is 44.8 Å². The molecule has 2 aliphatic heterocycles. The number of alkyl halides is 1. The lowest BCUT2D eigenvalue weighted by atomic mass is 9.69. The molecule has 2 saturated heterocycles. The third-order valence-electron chi connectivity index (χ3n) is 7.64. The number of benzene rings is 1. The molecular formula is C27H29F2N5O2S. The van der Waals surface area contributed by atoms with E-state index in [1.807, 2.05) is 26.2 Å². The molecule has 10 heteroatoms. The summed E-state index contributed by atoms with van der Waals surface area (Å²) in [6.07, 6.45) is 8.52. The lowest BCUT2D eigenvalue weighted by Crippen LogP contribution is -2.50. The Hall–Kier alpha value is -2.95. The van der Waals surface area contributed by atoms with Gasteiger partial charge in [0, 0.05) is 44.9 Å². The van der Waals surface area contributed by atoms with E-state index in [4.69, 9.17) is 4.74 Å². The lowest BCUT2D eigenvalue weighted by Gasteiger charge is -2.45. The van der Waals surface area contributed by atoms with Gasteiger partial charge in [0.25, 0.3) is 0 Å². The molecule has 4 heterocycles. The first kappa shape index (κ1) is 24.4. The Kier molecular flexibility index (Phi) is 6.42. The number of anilines is 1. The van der Waals surface area contributed by atoms with Crippen LogP contribution in [0.2, 0.25) is 0 Å². The van der Waals surface area contributed by atoms with E-state index < -0.39 is 17.2 Å². The topological polar surface area (TPSA) is 63.5 Å². The number of nitrogens with zero attached hydrogens (tertiary/aromatic N) is 5. The monoisotopic (exact) mass is 525 g/mol. The molecule has 0 saturated carbocycles. The summed E-state index contributed by atoms with van der Waals surface area (Å²) in [7, 11) is 0.289. The van der Waals surface area contributed by atoms with Gasteiger partial charge in [0.1, 0.15) is 23.0 Å². The standard InChI is InChI=1S/C27H29F2N5O2S/c1-36-18-27-12-19-13-31-34(23-4-2-21(28)3-5-23)26(19)10-20(27)6-9-33(17-27)37(35)25-11-24(14-30-15-25)32-8-7-22(29)16-32/h2-5,10-11,13-15,22H,6-9,12,16-18H2,1H3/t22-,27+,37?/m0/s1. The Morgan fingerprint density at radius 3 is 2.76 bits per heavy atom. The largest absolute Gasteiger partial charge is 0.384 e. The van der Waals surface area contributed by atoms with E-state index in [9.17, 15) is 13.0 Å². The van der Waals surface area contributed by atoms with Crippen LogP contribution in [0.25, 0.3) is 11.8 Å². The van der Waals surface area contributed by atoms with E-state index in [0.717, 1.165) is 29.1 Å². The van der Waals surface area contributed by atoms with Crippen LogP contribution in [0.4, 0.5) is 14.5 Å². The van der Waals surface area contributed by atoms with Crippen LogP contribution in [0.5, 0.6) is 0 Å². The summed E-state index contributed by atoms with van der Waals surface area (Å²) in [5.74, 6) is -0.282. The minimum atomic E-state index is -1.41. The van der Waals surface area contributed by atoms with Gasteiger partial charge in [0.15, 0.2) is 0 Å². The highest BCUT2D eigenvalue weighted by Gasteiger charge is 2.44. The lowest BCUT2D eigenvalue weighted by molar-refractivity contribution is 0.0746. The van der Waals surface area contributed by atoms with Crippen LogP contribution in [0.15, 0.2) is 59.4 Å². The van der Waals surface area contributed by atoms with Gasteiger partial charge < -0.3 is 9.64 Å². The predicted octanol–water partition coefficient (Wildman–Crippen LogP) is 3.96. The van der Waals surface area contributed by atoms with E-state index in [1.54, 1.807) is 31.6 Å². The summed E-state index contributed by atoms with van der Waals surface area (Å²) in [6.45, 7) is 2.69. The van der Waals surface area contributed by atoms with Crippen molar-refractivity contribution in [3.8, 4) is 5.69 Å². The number of rotatable bonds is 6. The molecule has 2 aromatic heterocycles. The number of hydrogen-bond donors (Lipinski definition) is 0. The van der Waals surface area contributed by atoms with Crippen LogP contribution < -0.4 is 4.90 Å². The zero-order valence-corrected chi connectivity index (χ0v) is 21.5. The molecular weight excluding hydrogens is 496 g/mol. The molecule has 0 bridgehead atoms. The summed E-state index contributed by atoms with van der Waals surface area (Å²) < 4.78 is 50.4. The SMILES string of the molecule is COC[C@]12Cc3cnn(-c4ccc(F)cc4)c3C=C1CCN(S(=O)c1cncc(N3CC[C@H](F)C3)c1)C2. The second kappa shape index (κ2) is 9.74. The highest BCUT2D eigenvalue weighted by molar-refractivity contribution is 7.82. The van der Waals surface area contributed by atoms with E-state index in [-0.39, 0.29) is 11.2 Å². The smallest absolute Gasteiger partial charge is 0.129 e. The molecule has 1 unspecified atom stereocenters. The van der Waals surface area contributed by atoms with Crippen molar-refractivity contribution in [2.45, 2.75) is 30.3 Å². The normalized spacial score (nSPS) is 24.5. The van der Waals surface area contributed by atoms with Gasteiger partial charge in [-0.2, -0.15) is 5.10 Å². The highest BCUT2D eigenvalue weighted by atomic mass is 32.2. The molecule has 0 spiro atoms. The molecule has 0 amide bonds. The minimum Gasteiger partial charge on any atom is -0.384 e. The Morgan fingerprint density at radius 2 is 2.00 bits per heavy atom. The van der Waals surface area contributed by atoms with Crippen molar-refractivity contribution in [3.05, 3.63) is 71.6 Å². The molecule has 37 heavy (non-hydrogen) atoms. The first-order valence-electron chi connectivity index (χ1n) is 12.5. The summed E-state index contributed by atoms with van der Waals surface area (Å²) in [4.78, 5) is 6.90. The maximum atomic E-state index is 13.7. The number of piperidine rings is 1. The van der Waals surface area contributed by atoms with Crippen molar-refractivity contribution < 1.29 is 17.7 Å². The van der Waals surface area contributed by atoms with Crippen molar-refractivity contribution in [3.63, 3.8) is 0 Å². The Balaban J connectivity index is 1.27.